The minimum atomic E-state index is -0.794. The highest BCUT2D eigenvalue weighted by Gasteiger charge is 2.17. The Bertz CT molecular complexity index is 758. The highest BCUT2D eigenvalue weighted by molar-refractivity contribution is 5.91. The third-order valence-electron chi connectivity index (χ3n) is 3.07. The zero-order chi connectivity index (χ0) is 16.8. The summed E-state index contributed by atoms with van der Waals surface area (Å²) in [6, 6.07) is 6.03. The second-order valence-corrected chi connectivity index (χ2v) is 4.84. The van der Waals surface area contributed by atoms with E-state index in [1.54, 1.807) is 0 Å². The van der Waals surface area contributed by atoms with Gasteiger partial charge in [0.15, 0.2) is 7.05 Å². The summed E-state index contributed by atoms with van der Waals surface area (Å²) in [5, 5.41) is 14.2. The fraction of sp³-hybridized carbons (Fsp3) is 0.333. The number of carbonyl (C=O) groups excluding carboxylic acids is 1. The summed E-state index contributed by atoms with van der Waals surface area (Å²) >= 11 is 0. The van der Waals surface area contributed by atoms with Crippen molar-refractivity contribution in [2.45, 2.75) is 19.8 Å². The van der Waals surface area contributed by atoms with Gasteiger partial charge in [-0.15, -0.1) is 0 Å². The molecule has 1 aromatic carbocycles. The monoisotopic (exact) mass is 319 g/mol. The van der Waals surface area contributed by atoms with Crippen LogP contribution in [0.3, 0.4) is 0 Å². The summed E-state index contributed by atoms with van der Waals surface area (Å²) < 4.78 is 10.7. The molecule has 0 fully saturated rings. The maximum Gasteiger partial charge on any atom is 0.435 e. The van der Waals surface area contributed by atoms with Crippen molar-refractivity contribution in [1.29, 1.82) is 0 Å². The summed E-state index contributed by atoms with van der Waals surface area (Å²) in [5.74, 6) is -1.16. The fourth-order valence-electron chi connectivity index (χ4n) is 1.81. The van der Waals surface area contributed by atoms with Crippen LogP contribution < -0.4 is 15.4 Å². The largest absolute Gasteiger partial charge is 0.854 e. The normalized spacial score (nSPS) is 11.5. The number of ether oxygens (including phenoxy) is 1. The molecule has 1 N–H and O–H groups in total. The number of benzene rings is 1. The maximum atomic E-state index is 12.0. The van der Waals surface area contributed by atoms with Gasteiger partial charge in [0, 0.05) is 0 Å². The summed E-state index contributed by atoms with van der Waals surface area (Å²) in [7, 11) is 1.46. The van der Waals surface area contributed by atoms with Crippen LogP contribution in [0, 0.1) is 0 Å². The molecule has 1 aromatic heterocycles. The van der Waals surface area contributed by atoms with Crippen LogP contribution in [0.5, 0.6) is 0 Å². The molecular formula is C15H17N3O5. The van der Waals surface area contributed by atoms with Crippen LogP contribution in [0.25, 0.3) is 0 Å². The molecule has 23 heavy (non-hydrogen) atoms. The maximum absolute atomic E-state index is 12.0. The van der Waals surface area contributed by atoms with Crippen LogP contribution >= 0.6 is 0 Å². The zero-order valence-electron chi connectivity index (χ0n) is 12.9. The van der Waals surface area contributed by atoms with E-state index in [0.29, 0.717) is 17.9 Å². The molecule has 1 heterocycles. The van der Waals surface area contributed by atoms with Crippen molar-refractivity contribution in [3.05, 3.63) is 45.9 Å². The first-order valence-corrected chi connectivity index (χ1v) is 7.13. The Balaban J connectivity index is 2.12. The standard InChI is InChI=1S/C15H17N3O5/c1-3-4-9-22-14(20)10-5-7-11(8-6-10)16-13(19)12-15(21)23-17-18(12)2/h5-8H,3-4,9H2,1-2H3,(H-,16,17,19,20,21). The minimum Gasteiger partial charge on any atom is -0.854 e. The lowest BCUT2D eigenvalue weighted by Gasteiger charge is -2.05. The third-order valence-corrected chi connectivity index (χ3v) is 3.07. The van der Waals surface area contributed by atoms with Gasteiger partial charge in [-0.2, -0.15) is 0 Å². The second-order valence-electron chi connectivity index (χ2n) is 4.84. The highest BCUT2D eigenvalue weighted by atomic mass is 16.5. The van der Waals surface area contributed by atoms with E-state index in [-0.39, 0.29) is 5.69 Å². The molecule has 0 amide bonds. The third kappa shape index (κ3) is 4.06. The number of aryl methyl sites for hydroxylation is 1. The Morgan fingerprint density at radius 3 is 2.65 bits per heavy atom. The van der Waals surface area contributed by atoms with Gasteiger partial charge in [-0.1, -0.05) is 18.0 Å². The molecule has 8 nitrogen and oxygen atoms in total. The summed E-state index contributed by atoms with van der Waals surface area (Å²) in [5.41, 5.74) is -0.314. The Morgan fingerprint density at radius 2 is 2.09 bits per heavy atom. The second kappa shape index (κ2) is 7.39. The lowest BCUT2D eigenvalue weighted by Crippen LogP contribution is -2.43. The smallest absolute Gasteiger partial charge is 0.435 e. The predicted molar refractivity (Wildman–Crippen MR) is 78.3 cm³/mol. The van der Waals surface area contributed by atoms with Crippen LogP contribution in [0.15, 0.2) is 38.6 Å². The minimum absolute atomic E-state index is 0.215. The van der Waals surface area contributed by atoms with Gasteiger partial charge in [-0.05, 0) is 36.0 Å². The molecule has 0 saturated heterocycles. The number of nitrogens with zero attached hydrogens (tertiary/aromatic N) is 2. The number of hydrogen-bond donors (Lipinski definition) is 1. The summed E-state index contributed by atoms with van der Waals surface area (Å²) in [6.07, 6.45) is 1.75. The molecule has 0 aliphatic carbocycles. The predicted octanol–water partition coefficient (Wildman–Crippen LogP) is 0.188. The number of esters is 1. The van der Waals surface area contributed by atoms with Crippen molar-refractivity contribution in [2.75, 3.05) is 6.61 Å². The van der Waals surface area contributed by atoms with Gasteiger partial charge < -0.3 is 9.84 Å². The first-order chi connectivity index (χ1) is 11.0. The number of H-pyrrole nitrogens is 1. The van der Waals surface area contributed by atoms with Crippen molar-refractivity contribution in [2.24, 2.45) is 12.0 Å². The van der Waals surface area contributed by atoms with E-state index >= 15 is 0 Å². The molecule has 122 valence electrons. The Labute approximate surface area is 132 Å². The van der Waals surface area contributed by atoms with E-state index in [9.17, 15) is 14.7 Å². The number of rotatable bonds is 6. The lowest BCUT2D eigenvalue weighted by atomic mass is 10.2. The van der Waals surface area contributed by atoms with Gasteiger partial charge in [0.25, 0.3) is 0 Å². The zero-order valence-corrected chi connectivity index (χ0v) is 12.9. The van der Waals surface area contributed by atoms with Gasteiger partial charge in [-0.25, -0.2) is 9.59 Å². The van der Waals surface area contributed by atoms with Gasteiger partial charge in [0.1, 0.15) is 0 Å². The van der Waals surface area contributed by atoms with E-state index in [0.717, 1.165) is 17.5 Å². The number of aliphatic imine (C=N–C) groups is 1. The topological polar surface area (TPSA) is 112 Å². The first kappa shape index (κ1) is 16.5. The Morgan fingerprint density at radius 1 is 1.39 bits per heavy atom. The molecule has 0 bridgehead atoms. The molecule has 0 spiro atoms. The quantitative estimate of drug-likeness (QED) is 0.268. The van der Waals surface area contributed by atoms with Crippen LogP contribution in [-0.4, -0.2) is 23.7 Å². The van der Waals surface area contributed by atoms with Gasteiger partial charge in [0.05, 0.1) is 23.8 Å². The van der Waals surface area contributed by atoms with Crippen LogP contribution in [0.4, 0.5) is 5.69 Å². The Hall–Kier alpha value is -2.90. The number of unbranched alkanes of at least 4 members (excludes halogenated alkanes) is 1. The molecule has 8 heteroatoms. The molecule has 0 aliphatic heterocycles. The van der Waals surface area contributed by atoms with Crippen LogP contribution in [-0.2, 0) is 11.8 Å². The lowest BCUT2D eigenvalue weighted by molar-refractivity contribution is -0.742. The molecule has 0 unspecified atom stereocenters. The fourth-order valence-corrected chi connectivity index (χ4v) is 1.81. The van der Waals surface area contributed by atoms with Crippen molar-refractivity contribution in [3.8, 4) is 0 Å². The summed E-state index contributed by atoms with van der Waals surface area (Å²) in [6.45, 7) is 2.38. The van der Waals surface area contributed by atoms with Gasteiger partial charge >= 0.3 is 17.3 Å². The number of nitrogens with one attached hydrogen (secondary N) is 1. The van der Waals surface area contributed by atoms with Gasteiger partial charge in [0.2, 0.25) is 0 Å². The number of aromatic nitrogens is 2. The van der Waals surface area contributed by atoms with Crippen molar-refractivity contribution >= 4 is 17.6 Å². The number of aromatic amines is 1. The average Bonchev–Trinajstić information content (AvgIpc) is 2.87. The molecule has 0 radical (unpaired) electrons. The SMILES string of the molecule is CCCCOC(=O)c1ccc(N=C([O-])c2c(=O)o[nH][n+]2C)cc1. The van der Waals surface area contributed by atoms with E-state index in [2.05, 4.69) is 14.8 Å². The highest BCUT2D eigenvalue weighted by Crippen LogP contribution is 2.14. The van der Waals surface area contributed by atoms with Gasteiger partial charge in [-0.3, -0.25) is 9.52 Å². The van der Waals surface area contributed by atoms with Crippen LogP contribution in [0.2, 0.25) is 0 Å². The number of carbonyl (C=O) groups is 1. The molecule has 0 atom stereocenters. The summed E-state index contributed by atoms with van der Waals surface area (Å²) in [4.78, 5) is 26.9. The molecule has 2 rings (SSSR count). The Kier molecular flexibility index (Phi) is 5.29. The molecular weight excluding hydrogens is 302 g/mol. The van der Waals surface area contributed by atoms with Crippen molar-refractivity contribution in [1.82, 2.24) is 5.27 Å². The van der Waals surface area contributed by atoms with E-state index < -0.39 is 17.5 Å². The molecule has 2 aromatic rings. The van der Waals surface area contributed by atoms with E-state index in [4.69, 9.17) is 4.74 Å². The molecule has 0 aliphatic rings. The average molecular weight is 319 g/mol. The van der Waals surface area contributed by atoms with Crippen molar-refractivity contribution in [3.63, 3.8) is 0 Å². The number of hydrogen-bond acceptors (Lipinski definition) is 6. The van der Waals surface area contributed by atoms with Crippen LogP contribution in [0.1, 0.15) is 35.8 Å². The molecule has 0 saturated carbocycles. The van der Waals surface area contributed by atoms with E-state index in [1.165, 1.54) is 31.3 Å². The van der Waals surface area contributed by atoms with E-state index in [1.807, 2.05) is 6.92 Å². The first-order valence-electron chi connectivity index (χ1n) is 7.13. The van der Waals surface area contributed by atoms with Crippen molar-refractivity contribution < 1.29 is 23.8 Å².